The molecule has 0 spiro atoms. The van der Waals surface area contributed by atoms with Gasteiger partial charge in [0, 0.05) is 23.4 Å². The van der Waals surface area contributed by atoms with Crippen LogP contribution in [-0.4, -0.2) is 47.2 Å². The van der Waals surface area contributed by atoms with E-state index in [4.69, 9.17) is 4.74 Å². The van der Waals surface area contributed by atoms with Crippen molar-refractivity contribution in [2.45, 2.75) is 40.7 Å². The summed E-state index contributed by atoms with van der Waals surface area (Å²) in [5.74, 6) is -0.929. The molecule has 1 amide bonds. The van der Waals surface area contributed by atoms with Gasteiger partial charge in [-0.3, -0.25) is 9.59 Å². The predicted molar refractivity (Wildman–Crippen MR) is 103 cm³/mol. The van der Waals surface area contributed by atoms with Crippen LogP contribution in [0.25, 0.3) is 0 Å². The molecule has 1 unspecified atom stereocenters. The Kier molecular flexibility index (Phi) is 6.20. The highest BCUT2D eigenvalue weighted by atomic mass is 16.5. The minimum Gasteiger partial charge on any atom is -0.464 e. The third kappa shape index (κ3) is 3.94. The van der Waals surface area contributed by atoms with Crippen molar-refractivity contribution in [1.29, 1.82) is 0 Å². The summed E-state index contributed by atoms with van der Waals surface area (Å²) in [6.45, 7) is 9.33. The summed E-state index contributed by atoms with van der Waals surface area (Å²) in [6, 6.07) is 6.61. The van der Waals surface area contributed by atoms with Gasteiger partial charge in [-0.15, -0.1) is 0 Å². The number of aromatic amines is 1. The van der Waals surface area contributed by atoms with E-state index in [2.05, 4.69) is 4.98 Å². The Labute approximate surface area is 159 Å². The zero-order chi connectivity index (χ0) is 20.3. The third-order valence-electron chi connectivity index (χ3n) is 4.82. The highest BCUT2D eigenvalue weighted by molar-refractivity contribution is 6.07. The molecule has 0 fully saturated rings. The van der Waals surface area contributed by atoms with Crippen LogP contribution in [0.15, 0.2) is 24.3 Å². The van der Waals surface area contributed by atoms with Crippen LogP contribution in [-0.2, 0) is 4.74 Å². The Morgan fingerprint density at radius 1 is 1.11 bits per heavy atom. The zero-order valence-electron chi connectivity index (χ0n) is 16.7. The average molecular weight is 370 g/mol. The van der Waals surface area contributed by atoms with Crippen LogP contribution in [0.5, 0.6) is 0 Å². The Balaban J connectivity index is 2.34. The van der Waals surface area contributed by atoms with Gasteiger partial charge < -0.3 is 14.6 Å². The number of aryl methyl sites for hydroxylation is 2. The smallest absolute Gasteiger partial charge is 0.354 e. The van der Waals surface area contributed by atoms with Crippen LogP contribution < -0.4 is 0 Å². The SMILES string of the molecule is CCN(C(=O)c1ccc(C)cc1)C(C)C(=O)c1c(C)[nH]c(C(=O)OC)c1C. The molecule has 0 aliphatic rings. The molecule has 0 bridgehead atoms. The van der Waals surface area contributed by atoms with Crippen molar-refractivity contribution in [3.8, 4) is 0 Å². The van der Waals surface area contributed by atoms with E-state index in [1.807, 2.05) is 26.0 Å². The maximum atomic E-state index is 13.1. The van der Waals surface area contributed by atoms with Crippen molar-refractivity contribution in [2.24, 2.45) is 0 Å². The Morgan fingerprint density at radius 3 is 2.22 bits per heavy atom. The molecule has 2 aromatic rings. The molecule has 1 aromatic carbocycles. The Morgan fingerprint density at radius 2 is 1.70 bits per heavy atom. The lowest BCUT2D eigenvalue weighted by Crippen LogP contribution is -2.43. The van der Waals surface area contributed by atoms with Gasteiger partial charge in [-0.1, -0.05) is 17.7 Å². The summed E-state index contributed by atoms with van der Waals surface area (Å²) in [4.78, 5) is 42.4. The number of ketones is 1. The Hall–Kier alpha value is -2.89. The van der Waals surface area contributed by atoms with E-state index in [0.717, 1.165) is 5.56 Å². The number of amides is 1. The molecule has 144 valence electrons. The van der Waals surface area contributed by atoms with E-state index in [-0.39, 0.29) is 17.4 Å². The number of hydrogen-bond donors (Lipinski definition) is 1. The van der Waals surface area contributed by atoms with Gasteiger partial charge >= 0.3 is 5.97 Å². The van der Waals surface area contributed by atoms with Crippen LogP contribution >= 0.6 is 0 Å². The van der Waals surface area contributed by atoms with Crippen LogP contribution in [0.3, 0.4) is 0 Å². The fraction of sp³-hybridized carbons (Fsp3) is 0.381. The summed E-state index contributed by atoms with van der Waals surface area (Å²) in [5, 5.41) is 0. The fourth-order valence-electron chi connectivity index (χ4n) is 3.23. The fourth-order valence-corrected chi connectivity index (χ4v) is 3.23. The number of carbonyl (C=O) groups is 3. The van der Waals surface area contributed by atoms with E-state index in [0.29, 0.717) is 28.9 Å². The standard InChI is InChI=1S/C21H26N2O4/c1-7-23(20(25)16-10-8-12(2)9-11-16)15(5)19(24)17-13(3)18(21(26)27-6)22-14(17)4/h8-11,15,22H,7H2,1-6H3. The van der Waals surface area contributed by atoms with E-state index in [1.54, 1.807) is 32.9 Å². The lowest BCUT2D eigenvalue weighted by molar-refractivity contribution is 0.0593. The third-order valence-corrected chi connectivity index (χ3v) is 4.82. The van der Waals surface area contributed by atoms with Gasteiger partial charge in [0.15, 0.2) is 5.78 Å². The first-order valence-electron chi connectivity index (χ1n) is 8.92. The molecular weight excluding hydrogens is 344 g/mol. The molecule has 6 nitrogen and oxygen atoms in total. The summed E-state index contributed by atoms with van der Waals surface area (Å²) in [5.41, 5.74) is 3.42. The first-order valence-corrected chi connectivity index (χ1v) is 8.92. The van der Waals surface area contributed by atoms with Gasteiger partial charge in [-0.25, -0.2) is 4.79 Å². The molecule has 1 atom stereocenters. The molecule has 0 saturated heterocycles. The summed E-state index contributed by atoms with van der Waals surface area (Å²) >= 11 is 0. The number of Topliss-reactive ketones (excluding diaryl/α,β-unsaturated/α-hetero) is 1. The quantitative estimate of drug-likeness (QED) is 0.624. The number of rotatable bonds is 6. The summed E-state index contributed by atoms with van der Waals surface area (Å²) in [6.07, 6.45) is 0. The van der Waals surface area contributed by atoms with Crippen molar-refractivity contribution in [3.63, 3.8) is 0 Å². The number of likely N-dealkylation sites (N-methyl/N-ethyl adjacent to an activating group) is 1. The molecule has 2 rings (SSSR count). The normalized spacial score (nSPS) is 11.8. The van der Waals surface area contributed by atoms with E-state index < -0.39 is 12.0 Å². The summed E-state index contributed by atoms with van der Waals surface area (Å²) in [7, 11) is 1.29. The number of benzene rings is 1. The van der Waals surface area contributed by atoms with E-state index in [9.17, 15) is 14.4 Å². The number of H-pyrrole nitrogens is 1. The molecule has 0 aliphatic heterocycles. The number of hydrogen-bond acceptors (Lipinski definition) is 4. The second-order valence-corrected chi connectivity index (χ2v) is 6.61. The lowest BCUT2D eigenvalue weighted by atomic mass is 9.99. The molecular formula is C21H26N2O4. The van der Waals surface area contributed by atoms with Crippen molar-refractivity contribution in [2.75, 3.05) is 13.7 Å². The first-order chi connectivity index (χ1) is 12.7. The largest absolute Gasteiger partial charge is 0.464 e. The molecule has 27 heavy (non-hydrogen) atoms. The van der Waals surface area contributed by atoms with Crippen LogP contribution in [0.2, 0.25) is 0 Å². The number of nitrogens with one attached hydrogen (secondary N) is 1. The number of esters is 1. The van der Waals surface area contributed by atoms with E-state index in [1.165, 1.54) is 12.0 Å². The number of methoxy groups -OCH3 is 1. The van der Waals surface area contributed by atoms with Crippen molar-refractivity contribution in [1.82, 2.24) is 9.88 Å². The highest BCUT2D eigenvalue weighted by Crippen LogP contribution is 2.22. The van der Waals surface area contributed by atoms with Gasteiger partial charge in [0.2, 0.25) is 0 Å². The number of nitrogens with zero attached hydrogens (tertiary/aromatic N) is 1. The van der Waals surface area contributed by atoms with Crippen molar-refractivity contribution >= 4 is 17.7 Å². The molecule has 6 heteroatoms. The average Bonchev–Trinajstić information content (AvgIpc) is 2.95. The van der Waals surface area contributed by atoms with E-state index >= 15 is 0 Å². The van der Waals surface area contributed by atoms with Crippen LogP contribution in [0.4, 0.5) is 0 Å². The molecule has 0 saturated carbocycles. The second kappa shape index (κ2) is 8.20. The van der Waals surface area contributed by atoms with Crippen molar-refractivity contribution in [3.05, 3.63) is 57.9 Å². The van der Waals surface area contributed by atoms with Gasteiger partial charge in [-0.2, -0.15) is 0 Å². The predicted octanol–water partition coefficient (Wildman–Crippen LogP) is 3.46. The maximum absolute atomic E-state index is 13.1. The maximum Gasteiger partial charge on any atom is 0.354 e. The molecule has 0 radical (unpaired) electrons. The minimum atomic E-state index is -0.664. The number of ether oxygens (including phenoxy) is 1. The Bertz CT molecular complexity index is 865. The zero-order valence-corrected chi connectivity index (χ0v) is 16.7. The molecule has 1 N–H and O–H groups in total. The first kappa shape index (κ1) is 20.4. The minimum absolute atomic E-state index is 0.197. The highest BCUT2D eigenvalue weighted by Gasteiger charge is 2.30. The topological polar surface area (TPSA) is 79.5 Å². The number of aromatic nitrogens is 1. The van der Waals surface area contributed by atoms with Gasteiger partial charge in [0.1, 0.15) is 5.69 Å². The van der Waals surface area contributed by atoms with Crippen molar-refractivity contribution < 1.29 is 19.1 Å². The monoisotopic (exact) mass is 370 g/mol. The van der Waals surface area contributed by atoms with Crippen LogP contribution in [0, 0.1) is 20.8 Å². The molecule has 1 aromatic heterocycles. The molecule has 0 aliphatic carbocycles. The van der Waals surface area contributed by atoms with Gasteiger partial charge in [0.25, 0.3) is 5.91 Å². The van der Waals surface area contributed by atoms with Gasteiger partial charge in [-0.05, 0) is 52.3 Å². The van der Waals surface area contributed by atoms with Gasteiger partial charge in [0.05, 0.1) is 13.2 Å². The summed E-state index contributed by atoms with van der Waals surface area (Å²) < 4.78 is 4.75. The molecule has 1 heterocycles. The lowest BCUT2D eigenvalue weighted by Gasteiger charge is -2.27. The second-order valence-electron chi connectivity index (χ2n) is 6.61. The van der Waals surface area contributed by atoms with Crippen LogP contribution in [0.1, 0.15) is 61.9 Å². The number of carbonyl (C=O) groups excluding carboxylic acids is 3.